The van der Waals surface area contributed by atoms with Crippen LogP contribution in [0.3, 0.4) is 0 Å². The number of hydrogen-bond donors (Lipinski definition) is 2. The van der Waals surface area contributed by atoms with Gasteiger partial charge in [-0.05, 0) is 51.4 Å². The van der Waals surface area contributed by atoms with Gasteiger partial charge in [0.05, 0.1) is 11.2 Å². The zero-order chi connectivity index (χ0) is 26.6. The van der Waals surface area contributed by atoms with Crippen molar-refractivity contribution in [3.8, 4) is 5.75 Å². The number of hydrogen-bond acceptors (Lipinski definition) is 4. The Bertz CT molecular complexity index is 1710. The van der Waals surface area contributed by atoms with E-state index in [-0.39, 0.29) is 22.2 Å². The van der Waals surface area contributed by atoms with Gasteiger partial charge in [-0.25, -0.2) is 5.43 Å². The summed E-state index contributed by atoms with van der Waals surface area (Å²) in [6.45, 7) is 0.477. The fourth-order valence-electron chi connectivity index (χ4n) is 4.46. The van der Waals surface area contributed by atoms with E-state index in [9.17, 15) is 14.7 Å². The summed E-state index contributed by atoms with van der Waals surface area (Å²) in [5.74, 6) is -0.653. The van der Waals surface area contributed by atoms with Crippen LogP contribution in [0.2, 0.25) is 5.02 Å². The summed E-state index contributed by atoms with van der Waals surface area (Å²) in [6, 6.07) is 29.6. The molecule has 2 amide bonds. The van der Waals surface area contributed by atoms with Crippen LogP contribution < -0.4 is 5.43 Å². The molecular weight excluding hydrogens is 498 g/mol. The fraction of sp³-hybridized carbons (Fsp3) is 0.0645. The Hall–Kier alpha value is -4.68. The first kappa shape index (κ1) is 25.0. The first-order chi connectivity index (χ1) is 18.4. The summed E-state index contributed by atoms with van der Waals surface area (Å²) >= 11 is 5.89. The van der Waals surface area contributed by atoms with Crippen LogP contribution in [0, 0.1) is 0 Å². The van der Waals surface area contributed by atoms with Crippen LogP contribution in [0.5, 0.6) is 5.75 Å². The molecule has 188 valence electrons. The third-order valence-corrected chi connectivity index (χ3v) is 6.70. The van der Waals surface area contributed by atoms with E-state index in [1.165, 1.54) is 24.4 Å². The van der Waals surface area contributed by atoms with E-state index in [4.69, 9.17) is 11.6 Å². The topological polar surface area (TPSA) is 82.0 Å². The monoisotopic (exact) mass is 521 g/mol. The minimum Gasteiger partial charge on any atom is -0.506 e. The maximum absolute atomic E-state index is 13.5. The molecule has 0 heterocycles. The van der Waals surface area contributed by atoms with Crippen molar-refractivity contribution in [3.63, 3.8) is 0 Å². The first-order valence-corrected chi connectivity index (χ1v) is 12.4. The quantitative estimate of drug-likeness (QED) is 0.201. The second kappa shape index (κ2) is 10.7. The molecule has 0 aliphatic heterocycles. The van der Waals surface area contributed by atoms with Crippen LogP contribution in [-0.4, -0.2) is 35.1 Å². The maximum Gasteiger partial charge on any atom is 0.271 e. The SMILES string of the molecule is CN(Cc1cccc2ccccc12)C(=O)c1ccc(/C=N/NC(=O)c2ccc(O)c(Cl)c2)c2ccccc12. The van der Waals surface area contributed by atoms with Crippen molar-refractivity contribution in [2.45, 2.75) is 6.54 Å². The average Bonchev–Trinajstić information content (AvgIpc) is 2.94. The lowest BCUT2D eigenvalue weighted by molar-refractivity contribution is 0.0787. The van der Waals surface area contributed by atoms with E-state index in [1.54, 1.807) is 18.0 Å². The van der Waals surface area contributed by atoms with E-state index in [0.29, 0.717) is 12.1 Å². The fourth-order valence-corrected chi connectivity index (χ4v) is 4.64. The van der Waals surface area contributed by atoms with Crippen molar-refractivity contribution in [2.75, 3.05) is 7.05 Å². The molecule has 0 spiro atoms. The van der Waals surface area contributed by atoms with E-state index >= 15 is 0 Å². The lowest BCUT2D eigenvalue weighted by Gasteiger charge is -2.20. The highest BCUT2D eigenvalue weighted by molar-refractivity contribution is 6.32. The van der Waals surface area contributed by atoms with Crippen molar-refractivity contribution in [3.05, 3.63) is 124 Å². The van der Waals surface area contributed by atoms with Crippen LogP contribution >= 0.6 is 11.6 Å². The maximum atomic E-state index is 13.5. The van der Waals surface area contributed by atoms with E-state index in [1.807, 2.05) is 54.6 Å². The molecule has 0 aromatic heterocycles. The summed E-state index contributed by atoms with van der Waals surface area (Å²) in [4.78, 5) is 27.6. The number of carbonyl (C=O) groups is 2. The lowest BCUT2D eigenvalue weighted by atomic mass is 9.99. The molecule has 7 heteroatoms. The smallest absolute Gasteiger partial charge is 0.271 e. The number of hydrazone groups is 1. The molecular formula is C31H24ClN3O3. The average molecular weight is 522 g/mol. The molecule has 38 heavy (non-hydrogen) atoms. The molecule has 0 radical (unpaired) electrons. The predicted molar refractivity (Wildman–Crippen MR) is 152 cm³/mol. The Kier molecular flexibility index (Phi) is 7.07. The van der Waals surface area contributed by atoms with Gasteiger partial charge in [0.2, 0.25) is 0 Å². The summed E-state index contributed by atoms with van der Waals surface area (Å²) in [7, 11) is 1.80. The molecule has 0 bridgehead atoms. The number of aromatic hydroxyl groups is 1. The van der Waals surface area contributed by atoms with Gasteiger partial charge in [0.15, 0.2) is 0 Å². The number of halogens is 1. The number of benzene rings is 5. The molecule has 0 fully saturated rings. The van der Waals surface area contributed by atoms with Gasteiger partial charge in [0, 0.05) is 30.3 Å². The molecule has 0 saturated heterocycles. The van der Waals surface area contributed by atoms with Crippen LogP contribution in [0.1, 0.15) is 31.8 Å². The largest absolute Gasteiger partial charge is 0.506 e. The Labute approximate surface area is 224 Å². The second-order valence-corrected chi connectivity index (χ2v) is 9.32. The standard InChI is InChI=1S/C31H24ClN3O3/c1-35(19-23-9-6-8-20-7-2-3-10-24(20)23)31(38)27-15-13-22(25-11-4-5-12-26(25)27)18-33-34-30(37)21-14-16-29(36)28(32)17-21/h2-18,36H,19H2,1H3,(H,34,37)/b33-18+. The third kappa shape index (κ3) is 5.08. The Morgan fingerprint density at radius 3 is 2.39 bits per heavy atom. The minimum atomic E-state index is -0.464. The van der Waals surface area contributed by atoms with Crippen molar-refractivity contribution in [2.24, 2.45) is 5.10 Å². The highest BCUT2D eigenvalue weighted by Gasteiger charge is 2.17. The van der Waals surface area contributed by atoms with Gasteiger partial charge < -0.3 is 10.0 Å². The predicted octanol–water partition coefficient (Wildman–Crippen LogP) is 6.39. The van der Waals surface area contributed by atoms with E-state index < -0.39 is 5.91 Å². The molecule has 5 rings (SSSR count). The van der Waals surface area contributed by atoms with Gasteiger partial charge >= 0.3 is 0 Å². The molecule has 5 aromatic rings. The number of nitrogens with one attached hydrogen (secondary N) is 1. The minimum absolute atomic E-state index is 0.0818. The normalized spacial score (nSPS) is 11.2. The van der Waals surface area contributed by atoms with Gasteiger partial charge in [-0.1, -0.05) is 84.4 Å². The highest BCUT2D eigenvalue weighted by atomic mass is 35.5. The summed E-state index contributed by atoms with van der Waals surface area (Å²) in [6.07, 6.45) is 1.54. The zero-order valence-corrected chi connectivity index (χ0v) is 21.3. The van der Waals surface area contributed by atoms with Crippen LogP contribution in [0.15, 0.2) is 102 Å². The number of phenolic OH excluding ortho intramolecular Hbond substituents is 1. The Balaban J connectivity index is 1.37. The van der Waals surface area contributed by atoms with Gasteiger partial charge in [0.1, 0.15) is 5.75 Å². The van der Waals surface area contributed by atoms with Gasteiger partial charge in [-0.15, -0.1) is 0 Å². The molecule has 0 saturated carbocycles. The number of phenols is 1. The van der Waals surface area contributed by atoms with E-state index in [2.05, 4.69) is 28.7 Å². The Morgan fingerprint density at radius 1 is 0.895 bits per heavy atom. The molecule has 6 nitrogen and oxygen atoms in total. The molecule has 5 aromatic carbocycles. The molecule has 0 aliphatic carbocycles. The second-order valence-electron chi connectivity index (χ2n) is 8.91. The van der Waals surface area contributed by atoms with E-state index in [0.717, 1.165) is 32.7 Å². The lowest BCUT2D eigenvalue weighted by Crippen LogP contribution is -2.26. The summed E-state index contributed by atoms with van der Waals surface area (Å²) < 4.78 is 0. The van der Waals surface area contributed by atoms with Crippen LogP contribution in [-0.2, 0) is 6.54 Å². The van der Waals surface area contributed by atoms with Gasteiger partial charge in [-0.3, -0.25) is 9.59 Å². The number of amides is 2. The van der Waals surface area contributed by atoms with Crippen LogP contribution in [0.4, 0.5) is 0 Å². The van der Waals surface area contributed by atoms with Crippen molar-refractivity contribution in [1.82, 2.24) is 10.3 Å². The molecule has 0 aliphatic rings. The Morgan fingerprint density at radius 2 is 1.61 bits per heavy atom. The van der Waals surface area contributed by atoms with Gasteiger partial charge in [-0.2, -0.15) is 5.10 Å². The molecule has 2 N–H and O–H groups in total. The van der Waals surface area contributed by atoms with Crippen molar-refractivity contribution < 1.29 is 14.7 Å². The zero-order valence-electron chi connectivity index (χ0n) is 20.6. The summed E-state index contributed by atoms with van der Waals surface area (Å²) in [5, 5.41) is 17.6. The van der Waals surface area contributed by atoms with Crippen molar-refractivity contribution >= 4 is 51.2 Å². The van der Waals surface area contributed by atoms with Crippen molar-refractivity contribution in [1.29, 1.82) is 0 Å². The highest BCUT2D eigenvalue weighted by Crippen LogP contribution is 2.26. The molecule has 0 unspecified atom stereocenters. The number of rotatable bonds is 6. The summed E-state index contributed by atoms with van der Waals surface area (Å²) in [5.41, 5.74) is 5.16. The van der Waals surface area contributed by atoms with Crippen LogP contribution in [0.25, 0.3) is 21.5 Å². The number of fused-ring (bicyclic) bond motifs is 2. The first-order valence-electron chi connectivity index (χ1n) is 12.0. The molecule has 0 atom stereocenters. The van der Waals surface area contributed by atoms with Gasteiger partial charge in [0.25, 0.3) is 11.8 Å². The number of nitrogens with zero attached hydrogens (tertiary/aromatic N) is 2. The number of carbonyl (C=O) groups excluding carboxylic acids is 2. The third-order valence-electron chi connectivity index (χ3n) is 6.40.